The Morgan fingerprint density at radius 2 is 0.579 bits per heavy atom. The Bertz CT molecular complexity index is 393. The van der Waals surface area contributed by atoms with Crippen molar-refractivity contribution in [3.8, 4) is 0 Å². The SMILES string of the molecule is C[c-]1cccc1.C[c-]1cccc1.C[c-]1cccc1.[Ce+3]. The Hall–Kier alpha value is -0.573. The summed E-state index contributed by atoms with van der Waals surface area (Å²) in [5.41, 5.74) is 4.03. The maximum Gasteiger partial charge on any atom is 3.00 e. The summed E-state index contributed by atoms with van der Waals surface area (Å²) < 4.78 is 0. The van der Waals surface area contributed by atoms with Crippen molar-refractivity contribution >= 4 is 0 Å². The molecule has 0 fully saturated rings. The van der Waals surface area contributed by atoms with Crippen LogP contribution in [0, 0.1) is 62.5 Å². The first-order valence-electron chi connectivity index (χ1n) is 6.23. The fraction of sp³-hybridized carbons (Fsp3) is 0.167. The number of rotatable bonds is 0. The van der Waals surface area contributed by atoms with Crippen molar-refractivity contribution < 1.29 is 41.7 Å². The molecule has 3 aromatic rings. The average molecular weight is 377 g/mol. The molecule has 3 rings (SSSR count). The van der Waals surface area contributed by atoms with Gasteiger partial charge in [0.25, 0.3) is 0 Å². The van der Waals surface area contributed by atoms with Crippen LogP contribution < -0.4 is 0 Å². The van der Waals surface area contributed by atoms with Crippen LogP contribution in [0.15, 0.2) is 72.8 Å². The molecule has 1 heteroatoms. The van der Waals surface area contributed by atoms with Crippen LogP contribution in [0.1, 0.15) is 16.7 Å². The molecule has 0 aliphatic rings. The molecule has 0 bridgehead atoms. The van der Waals surface area contributed by atoms with E-state index in [1.54, 1.807) is 0 Å². The van der Waals surface area contributed by atoms with E-state index in [2.05, 4.69) is 57.2 Å². The van der Waals surface area contributed by atoms with Crippen LogP contribution in [0.2, 0.25) is 0 Å². The van der Waals surface area contributed by atoms with Crippen LogP contribution >= 0.6 is 0 Å². The summed E-state index contributed by atoms with van der Waals surface area (Å²) in [6, 6.07) is 24.7. The van der Waals surface area contributed by atoms with E-state index in [4.69, 9.17) is 0 Å². The fourth-order valence-electron chi connectivity index (χ4n) is 1.41. The molecule has 0 saturated carbocycles. The zero-order valence-electron chi connectivity index (χ0n) is 11.9. The summed E-state index contributed by atoms with van der Waals surface area (Å²) in [5, 5.41) is 0. The molecule has 1 radical (unpaired) electrons. The van der Waals surface area contributed by atoms with E-state index in [1.165, 1.54) is 16.7 Å². The second-order valence-electron chi connectivity index (χ2n) is 4.39. The molecule has 0 unspecified atom stereocenters. The predicted octanol–water partition coefficient (Wildman–Crippen LogP) is 5.14. The average Bonchev–Trinajstić information content (AvgIpc) is 3.05. The first kappa shape index (κ1) is 18.4. The quantitative estimate of drug-likeness (QED) is 0.476. The molecule has 3 aromatic carbocycles. The van der Waals surface area contributed by atoms with Gasteiger partial charge in [-0.25, -0.2) is 36.4 Å². The van der Waals surface area contributed by atoms with Crippen molar-refractivity contribution in [2.45, 2.75) is 20.8 Å². The van der Waals surface area contributed by atoms with Crippen molar-refractivity contribution in [1.29, 1.82) is 0 Å². The first-order chi connectivity index (χ1) is 8.68. The summed E-state index contributed by atoms with van der Waals surface area (Å²) in [5.74, 6) is 0. The predicted molar refractivity (Wildman–Crippen MR) is 80.3 cm³/mol. The first-order valence-corrected chi connectivity index (χ1v) is 6.23. The van der Waals surface area contributed by atoms with Crippen molar-refractivity contribution in [2.24, 2.45) is 0 Å². The molecule has 0 atom stereocenters. The van der Waals surface area contributed by atoms with E-state index >= 15 is 0 Å². The van der Waals surface area contributed by atoms with Crippen molar-refractivity contribution in [3.05, 3.63) is 89.5 Å². The van der Waals surface area contributed by atoms with Gasteiger partial charge in [0, 0.05) is 0 Å². The van der Waals surface area contributed by atoms with Crippen LogP contribution in [-0.4, -0.2) is 0 Å². The Kier molecular flexibility index (Phi) is 10.9. The van der Waals surface area contributed by atoms with Gasteiger partial charge in [-0.1, -0.05) is 20.8 Å². The second kappa shape index (κ2) is 11.3. The van der Waals surface area contributed by atoms with Crippen LogP contribution in [-0.2, 0) is 0 Å². The molecule has 0 aromatic heterocycles. The van der Waals surface area contributed by atoms with Gasteiger partial charge in [0.05, 0.1) is 0 Å². The summed E-state index contributed by atoms with van der Waals surface area (Å²) in [6.45, 7) is 6.25. The molecule has 0 amide bonds. The van der Waals surface area contributed by atoms with Gasteiger partial charge in [0.15, 0.2) is 0 Å². The Labute approximate surface area is 151 Å². The smallest absolute Gasteiger partial charge is 0.213 e. The molecular formula is C18H21Ce. The summed E-state index contributed by atoms with van der Waals surface area (Å²) >= 11 is 0. The Morgan fingerprint density at radius 3 is 0.632 bits per heavy atom. The minimum atomic E-state index is 0. The summed E-state index contributed by atoms with van der Waals surface area (Å²) in [7, 11) is 0. The minimum Gasteiger partial charge on any atom is -0.213 e. The van der Waals surface area contributed by atoms with Crippen molar-refractivity contribution in [1.82, 2.24) is 0 Å². The van der Waals surface area contributed by atoms with Gasteiger partial charge in [-0.05, 0) is 0 Å². The van der Waals surface area contributed by atoms with Gasteiger partial charge < -0.3 is 0 Å². The van der Waals surface area contributed by atoms with Crippen LogP contribution in [0.3, 0.4) is 0 Å². The topological polar surface area (TPSA) is 0 Å². The normalized spacial score (nSPS) is 8.37. The molecule has 0 spiro atoms. The minimum absolute atomic E-state index is 0. The molecule has 0 heterocycles. The van der Waals surface area contributed by atoms with Crippen LogP contribution in [0.5, 0.6) is 0 Å². The molecule has 97 valence electrons. The van der Waals surface area contributed by atoms with Gasteiger partial charge in [0.2, 0.25) is 0 Å². The van der Waals surface area contributed by atoms with E-state index < -0.39 is 0 Å². The largest absolute Gasteiger partial charge is 3.00 e. The number of hydrogen-bond acceptors (Lipinski definition) is 0. The third kappa shape index (κ3) is 9.94. The zero-order valence-corrected chi connectivity index (χ0v) is 15.1. The molecule has 0 saturated heterocycles. The maximum atomic E-state index is 2.08. The Morgan fingerprint density at radius 1 is 0.421 bits per heavy atom. The van der Waals surface area contributed by atoms with Gasteiger partial charge in [-0.15, -0.1) is 0 Å². The van der Waals surface area contributed by atoms with Gasteiger partial charge >= 0.3 is 41.7 Å². The molecule has 19 heavy (non-hydrogen) atoms. The number of hydrogen-bond donors (Lipinski definition) is 0. The Balaban J connectivity index is 0.000000249. The standard InChI is InChI=1S/3C6H7.Ce/c3*1-6-4-2-3-5-6;/h3*2-5H,1H3;/q3*-1;+3. The summed E-state index contributed by atoms with van der Waals surface area (Å²) in [4.78, 5) is 0. The van der Waals surface area contributed by atoms with Gasteiger partial charge in [-0.2, -0.15) is 53.1 Å². The van der Waals surface area contributed by atoms with Crippen molar-refractivity contribution in [2.75, 3.05) is 0 Å². The second-order valence-corrected chi connectivity index (χ2v) is 4.39. The fourth-order valence-corrected chi connectivity index (χ4v) is 1.41. The van der Waals surface area contributed by atoms with E-state index in [0.717, 1.165) is 0 Å². The van der Waals surface area contributed by atoms with E-state index in [9.17, 15) is 0 Å². The molecule has 0 N–H and O–H groups in total. The molecule has 0 aliphatic heterocycles. The third-order valence-corrected chi connectivity index (χ3v) is 2.49. The zero-order chi connectivity index (χ0) is 13.2. The number of aryl methyl sites for hydroxylation is 3. The van der Waals surface area contributed by atoms with E-state index in [1.807, 2.05) is 36.4 Å². The van der Waals surface area contributed by atoms with Crippen molar-refractivity contribution in [3.63, 3.8) is 0 Å². The molecule has 0 nitrogen and oxygen atoms in total. The van der Waals surface area contributed by atoms with Gasteiger partial charge in [0.1, 0.15) is 0 Å². The summed E-state index contributed by atoms with van der Waals surface area (Å²) in [6.07, 6.45) is 0. The van der Waals surface area contributed by atoms with Crippen LogP contribution in [0.25, 0.3) is 0 Å². The maximum absolute atomic E-state index is 2.08. The molecular weight excluding hydrogens is 356 g/mol. The van der Waals surface area contributed by atoms with Crippen LogP contribution in [0.4, 0.5) is 0 Å². The third-order valence-electron chi connectivity index (χ3n) is 2.49. The van der Waals surface area contributed by atoms with E-state index in [0.29, 0.717) is 0 Å². The van der Waals surface area contributed by atoms with E-state index in [-0.39, 0.29) is 41.7 Å². The monoisotopic (exact) mass is 377 g/mol. The molecule has 0 aliphatic carbocycles. The van der Waals surface area contributed by atoms with Gasteiger partial charge in [-0.3, -0.25) is 0 Å².